The molecular formula is C22H22ClNO5. The molecule has 0 radical (unpaired) electrons. The largest absolute Gasteiger partial charge is 0.490 e. The number of rotatable bonds is 6. The number of ether oxygens (including phenoxy) is 3. The third kappa shape index (κ3) is 6.26. The lowest BCUT2D eigenvalue weighted by Gasteiger charge is -2.14. The van der Waals surface area contributed by atoms with E-state index in [4.69, 9.17) is 25.8 Å². The van der Waals surface area contributed by atoms with Crippen LogP contribution in [0.15, 0.2) is 48.5 Å². The molecule has 0 saturated carbocycles. The average molecular weight is 416 g/mol. The van der Waals surface area contributed by atoms with Crippen molar-refractivity contribution in [3.8, 4) is 11.5 Å². The minimum atomic E-state index is -0.605. The van der Waals surface area contributed by atoms with Crippen molar-refractivity contribution in [3.63, 3.8) is 0 Å². The maximum absolute atomic E-state index is 12.0. The van der Waals surface area contributed by atoms with Crippen molar-refractivity contribution in [3.05, 3.63) is 64.7 Å². The fraction of sp³-hybridized carbons (Fsp3) is 0.273. The quantitative estimate of drug-likeness (QED) is 0.571. The number of fused-ring (bicyclic) bond motifs is 1. The lowest BCUT2D eigenvalue weighted by molar-refractivity contribution is -0.144. The Balaban J connectivity index is 1.47. The van der Waals surface area contributed by atoms with Crippen LogP contribution in [0.5, 0.6) is 11.5 Å². The summed E-state index contributed by atoms with van der Waals surface area (Å²) >= 11 is 5.86. The Bertz CT molecular complexity index is 895. The molecule has 1 aliphatic heterocycles. The monoisotopic (exact) mass is 415 g/mol. The summed E-state index contributed by atoms with van der Waals surface area (Å²) in [6, 6.07) is 12.4. The lowest BCUT2D eigenvalue weighted by atomic mass is 10.1. The van der Waals surface area contributed by atoms with Crippen LogP contribution in [-0.4, -0.2) is 31.7 Å². The van der Waals surface area contributed by atoms with Gasteiger partial charge in [0.25, 0.3) is 5.91 Å². The number of esters is 1. The molecule has 2 aromatic carbocycles. The molecule has 7 heteroatoms. The average Bonchev–Trinajstić information content (AvgIpc) is 2.96. The second-order valence-electron chi connectivity index (χ2n) is 6.54. The summed E-state index contributed by atoms with van der Waals surface area (Å²) in [6.45, 7) is 2.69. The van der Waals surface area contributed by atoms with Gasteiger partial charge in [-0.3, -0.25) is 4.79 Å². The highest BCUT2D eigenvalue weighted by atomic mass is 35.5. The number of benzene rings is 2. The van der Waals surface area contributed by atoms with Crippen LogP contribution in [0.1, 0.15) is 30.5 Å². The fourth-order valence-corrected chi connectivity index (χ4v) is 2.88. The predicted octanol–water partition coefficient (Wildman–Crippen LogP) is 3.94. The van der Waals surface area contributed by atoms with E-state index >= 15 is 0 Å². The number of carbonyl (C=O) groups is 2. The Hall–Kier alpha value is -2.99. The number of carbonyl (C=O) groups excluding carboxylic acids is 2. The molecule has 1 atom stereocenters. The molecule has 29 heavy (non-hydrogen) atoms. The lowest BCUT2D eigenvalue weighted by Crippen LogP contribution is -2.30. The minimum absolute atomic E-state index is 0.226. The van der Waals surface area contributed by atoms with E-state index in [2.05, 4.69) is 5.32 Å². The van der Waals surface area contributed by atoms with E-state index in [1.807, 2.05) is 25.1 Å². The van der Waals surface area contributed by atoms with Gasteiger partial charge in [-0.25, -0.2) is 4.79 Å². The van der Waals surface area contributed by atoms with Crippen LogP contribution in [0, 0.1) is 0 Å². The van der Waals surface area contributed by atoms with Crippen molar-refractivity contribution < 1.29 is 23.8 Å². The zero-order chi connectivity index (χ0) is 20.6. The molecule has 2 aromatic rings. The highest BCUT2D eigenvalue weighted by molar-refractivity contribution is 6.30. The third-order valence-corrected chi connectivity index (χ3v) is 4.53. The second kappa shape index (κ2) is 9.98. The molecule has 3 rings (SSSR count). The molecule has 0 bridgehead atoms. The summed E-state index contributed by atoms with van der Waals surface area (Å²) in [5.41, 5.74) is 1.68. The first kappa shape index (κ1) is 20.7. The van der Waals surface area contributed by atoms with Gasteiger partial charge in [-0.05, 0) is 48.4 Å². The van der Waals surface area contributed by atoms with Gasteiger partial charge in [-0.1, -0.05) is 29.8 Å². The Morgan fingerprint density at radius 2 is 1.86 bits per heavy atom. The van der Waals surface area contributed by atoms with Crippen molar-refractivity contribution in [1.29, 1.82) is 0 Å². The Kier molecular flexibility index (Phi) is 7.14. The highest BCUT2D eigenvalue weighted by Crippen LogP contribution is 2.30. The van der Waals surface area contributed by atoms with Gasteiger partial charge in [0.2, 0.25) is 0 Å². The van der Waals surface area contributed by atoms with E-state index in [1.165, 1.54) is 6.08 Å². The normalized spacial score (nSPS) is 14.1. The maximum Gasteiger partial charge on any atom is 0.331 e. The third-order valence-electron chi connectivity index (χ3n) is 4.28. The highest BCUT2D eigenvalue weighted by Gasteiger charge is 2.12. The van der Waals surface area contributed by atoms with Gasteiger partial charge in [0.1, 0.15) is 0 Å². The van der Waals surface area contributed by atoms with Gasteiger partial charge < -0.3 is 19.5 Å². The molecular weight excluding hydrogens is 394 g/mol. The maximum atomic E-state index is 12.0. The van der Waals surface area contributed by atoms with Crippen LogP contribution in [0.2, 0.25) is 5.02 Å². The van der Waals surface area contributed by atoms with E-state index in [0.717, 1.165) is 17.5 Å². The van der Waals surface area contributed by atoms with Gasteiger partial charge in [0.05, 0.1) is 19.3 Å². The summed E-state index contributed by atoms with van der Waals surface area (Å²) in [6.07, 6.45) is 3.70. The molecule has 0 unspecified atom stereocenters. The van der Waals surface area contributed by atoms with Gasteiger partial charge in [0, 0.05) is 17.5 Å². The summed E-state index contributed by atoms with van der Waals surface area (Å²) < 4.78 is 16.2. The van der Waals surface area contributed by atoms with Crippen LogP contribution in [0.3, 0.4) is 0 Å². The zero-order valence-corrected chi connectivity index (χ0v) is 16.8. The van der Waals surface area contributed by atoms with E-state index in [1.54, 1.807) is 30.3 Å². The smallest absolute Gasteiger partial charge is 0.331 e. The molecule has 0 aliphatic carbocycles. The molecule has 0 fully saturated rings. The second-order valence-corrected chi connectivity index (χ2v) is 6.97. The molecule has 1 N–H and O–H groups in total. The van der Waals surface area contributed by atoms with Gasteiger partial charge in [-0.2, -0.15) is 0 Å². The van der Waals surface area contributed by atoms with Crippen LogP contribution in [-0.2, 0) is 14.3 Å². The number of amides is 1. The minimum Gasteiger partial charge on any atom is -0.490 e. The summed E-state index contributed by atoms with van der Waals surface area (Å²) in [7, 11) is 0. The van der Waals surface area contributed by atoms with E-state index < -0.39 is 5.97 Å². The van der Waals surface area contributed by atoms with Crippen LogP contribution < -0.4 is 14.8 Å². The van der Waals surface area contributed by atoms with Crippen molar-refractivity contribution >= 4 is 29.6 Å². The van der Waals surface area contributed by atoms with Crippen molar-refractivity contribution in [2.24, 2.45) is 0 Å². The predicted molar refractivity (Wildman–Crippen MR) is 110 cm³/mol. The zero-order valence-electron chi connectivity index (χ0n) is 16.0. The first-order valence-corrected chi connectivity index (χ1v) is 9.68. The topological polar surface area (TPSA) is 73.9 Å². The van der Waals surface area contributed by atoms with Crippen molar-refractivity contribution in [2.45, 2.75) is 19.4 Å². The number of hydrogen-bond donors (Lipinski definition) is 1. The Labute approximate surface area is 174 Å². The molecule has 1 aliphatic rings. The number of halogens is 1. The Morgan fingerprint density at radius 3 is 2.62 bits per heavy atom. The summed E-state index contributed by atoms with van der Waals surface area (Å²) in [5, 5.41) is 3.40. The van der Waals surface area contributed by atoms with Gasteiger partial charge in [-0.15, -0.1) is 0 Å². The van der Waals surface area contributed by atoms with E-state index in [0.29, 0.717) is 29.7 Å². The van der Waals surface area contributed by atoms with E-state index in [-0.39, 0.29) is 18.6 Å². The van der Waals surface area contributed by atoms with Gasteiger partial charge in [0.15, 0.2) is 18.1 Å². The van der Waals surface area contributed by atoms with Crippen molar-refractivity contribution in [2.75, 3.05) is 19.8 Å². The first-order valence-electron chi connectivity index (χ1n) is 9.30. The molecule has 1 heterocycles. The SMILES string of the molecule is C[C@H](NC(=O)COC(=O)/C=C/c1ccc2c(c1)OCCCO2)c1ccc(Cl)cc1. The molecule has 0 aromatic heterocycles. The summed E-state index contributed by atoms with van der Waals surface area (Å²) in [4.78, 5) is 23.9. The first-order chi connectivity index (χ1) is 14.0. The van der Waals surface area contributed by atoms with Crippen LogP contribution >= 0.6 is 11.6 Å². The summed E-state index contributed by atoms with van der Waals surface area (Å²) in [5.74, 6) is 0.346. The standard InChI is InChI=1S/C22H22ClNO5/c1-15(17-5-7-18(23)8-6-17)24-21(25)14-29-22(26)10-4-16-3-9-19-20(13-16)28-12-2-11-27-19/h3-10,13,15H,2,11-12,14H2,1H3,(H,24,25)/b10-4+/t15-/m0/s1. The molecule has 152 valence electrons. The van der Waals surface area contributed by atoms with Crippen molar-refractivity contribution in [1.82, 2.24) is 5.32 Å². The Morgan fingerprint density at radius 1 is 1.14 bits per heavy atom. The molecule has 6 nitrogen and oxygen atoms in total. The molecule has 0 spiro atoms. The number of hydrogen-bond acceptors (Lipinski definition) is 5. The van der Waals surface area contributed by atoms with E-state index in [9.17, 15) is 9.59 Å². The molecule has 0 saturated heterocycles. The van der Waals surface area contributed by atoms with Gasteiger partial charge >= 0.3 is 5.97 Å². The van der Waals surface area contributed by atoms with Crippen LogP contribution in [0.25, 0.3) is 6.08 Å². The van der Waals surface area contributed by atoms with Crippen LogP contribution in [0.4, 0.5) is 0 Å². The number of nitrogens with one attached hydrogen (secondary N) is 1. The molecule has 1 amide bonds. The fourth-order valence-electron chi connectivity index (χ4n) is 2.75.